The first-order chi connectivity index (χ1) is 11.1. The standard InChI is InChI=1S/C15H19N3O5/c1-2-22-11-6-3-4-7-12(11)23-9-5-8-13(19)17-18-10-14(20)16-15(18)21/h3-4,6-7H,2,5,8-10H2,1H3,(H,17,19)(H,16,20,21). The fourth-order valence-electron chi connectivity index (χ4n) is 2.00. The molecule has 1 aromatic rings. The molecule has 2 rings (SSSR count). The van der Waals surface area contributed by atoms with Crippen molar-refractivity contribution in [3.05, 3.63) is 24.3 Å². The van der Waals surface area contributed by atoms with Crippen molar-refractivity contribution >= 4 is 17.8 Å². The maximum absolute atomic E-state index is 11.7. The van der Waals surface area contributed by atoms with Gasteiger partial charge in [0, 0.05) is 6.42 Å². The molecule has 1 aliphatic heterocycles. The molecule has 8 nitrogen and oxygen atoms in total. The number of carbonyl (C=O) groups is 3. The number of hydrazine groups is 1. The van der Waals surface area contributed by atoms with Gasteiger partial charge in [-0.25, -0.2) is 9.80 Å². The Bertz CT molecular complexity index is 590. The molecule has 0 unspecified atom stereocenters. The summed E-state index contributed by atoms with van der Waals surface area (Å²) in [6.07, 6.45) is 0.643. The quantitative estimate of drug-likeness (QED) is 0.546. The number of rotatable bonds is 8. The summed E-state index contributed by atoms with van der Waals surface area (Å²) in [7, 11) is 0. The van der Waals surface area contributed by atoms with E-state index >= 15 is 0 Å². The van der Waals surface area contributed by atoms with E-state index in [1.165, 1.54) is 0 Å². The highest BCUT2D eigenvalue weighted by Crippen LogP contribution is 2.26. The van der Waals surface area contributed by atoms with Crippen molar-refractivity contribution in [1.82, 2.24) is 15.8 Å². The normalized spacial score (nSPS) is 13.7. The van der Waals surface area contributed by atoms with E-state index in [1.807, 2.05) is 25.1 Å². The Kier molecular flexibility index (Phi) is 5.79. The molecule has 0 bridgehead atoms. The van der Waals surface area contributed by atoms with Gasteiger partial charge < -0.3 is 9.47 Å². The Balaban J connectivity index is 1.70. The van der Waals surface area contributed by atoms with Crippen LogP contribution in [0.5, 0.6) is 11.5 Å². The molecule has 2 N–H and O–H groups in total. The Morgan fingerprint density at radius 3 is 2.57 bits per heavy atom. The number of amides is 4. The number of hydrogen-bond donors (Lipinski definition) is 2. The lowest BCUT2D eigenvalue weighted by atomic mass is 10.3. The van der Waals surface area contributed by atoms with Crippen LogP contribution in [0.15, 0.2) is 24.3 Å². The lowest BCUT2D eigenvalue weighted by molar-refractivity contribution is -0.125. The second-order valence-corrected chi connectivity index (χ2v) is 4.81. The second kappa shape index (κ2) is 8.02. The van der Waals surface area contributed by atoms with Gasteiger partial charge in [0.05, 0.1) is 13.2 Å². The molecule has 1 heterocycles. The smallest absolute Gasteiger partial charge is 0.343 e. The van der Waals surface area contributed by atoms with Crippen molar-refractivity contribution < 1.29 is 23.9 Å². The molecule has 0 aromatic heterocycles. The Labute approximate surface area is 133 Å². The van der Waals surface area contributed by atoms with Gasteiger partial charge in [-0.2, -0.15) is 0 Å². The lowest BCUT2D eigenvalue weighted by Gasteiger charge is -2.14. The maximum atomic E-state index is 11.7. The minimum absolute atomic E-state index is 0.164. The van der Waals surface area contributed by atoms with Crippen LogP contribution in [0.25, 0.3) is 0 Å². The molecular formula is C15H19N3O5. The van der Waals surface area contributed by atoms with Crippen LogP contribution in [0.4, 0.5) is 4.79 Å². The molecule has 0 radical (unpaired) electrons. The number of urea groups is 1. The lowest BCUT2D eigenvalue weighted by Crippen LogP contribution is -2.44. The summed E-state index contributed by atoms with van der Waals surface area (Å²) in [5.41, 5.74) is 2.37. The van der Waals surface area contributed by atoms with E-state index < -0.39 is 11.9 Å². The van der Waals surface area contributed by atoms with Gasteiger partial charge >= 0.3 is 6.03 Å². The highest BCUT2D eigenvalue weighted by molar-refractivity contribution is 6.02. The van der Waals surface area contributed by atoms with Gasteiger partial charge in [-0.15, -0.1) is 0 Å². The monoisotopic (exact) mass is 321 g/mol. The predicted octanol–water partition coefficient (Wildman–Crippen LogP) is 0.827. The van der Waals surface area contributed by atoms with Gasteiger partial charge in [-0.1, -0.05) is 12.1 Å². The summed E-state index contributed by atoms with van der Waals surface area (Å²) in [5, 5.41) is 3.03. The number of benzene rings is 1. The summed E-state index contributed by atoms with van der Waals surface area (Å²) in [6.45, 7) is 2.60. The predicted molar refractivity (Wildman–Crippen MR) is 80.7 cm³/mol. The summed E-state index contributed by atoms with van der Waals surface area (Å²) in [4.78, 5) is 34.0. The molecule has 0 spiro atoms. The molecule has 0 atom stereocenters. The zero-order valence-electron chi connectivity index (χ0n) is 12.8. The first-order valence-electron chi connectivity index (χ1n) is 7.35. The number of nitrogens with one attached hydrogen (secondary N) is 2. The van der Waals surface area contributed by atoms with Crippen LogP contribution in [0, 0.1) is 0 Å². The van der Waals surface area contributed by atoms with Crippen LogP contribution >= 0.6 is 0 Å². The van der Waals surface area contributed by atoms with Crippen LogP contribution in [0.1, 0.15) is 19.8 Å². The van der Waals surface area contributed by atoms with Crippen LogP contribution < -0.4 is 20.2 Å². The topological polar surface area (TPSA) is 97.0 Å². The molecular weight excluding hydrogens is 302 g/mol. The van der Waals surface area contributed by atoms with E-state index in [-0.39, 0.29) is 18.9 Å². The molecule has 0 saturated carbocycles. The first-order valence-corrected chi connectivity index (χ1v) is 7.35. The van der Waals surface area contributed by atoms with E-state index in [9.17, 15) is 14.4 Å². The third kappa shape index (κ3) is 4.87. The van der Waals surface area contributed by atoms with Gasteiger partial charge in [0.15, 0.2) is 11.5 Å². The van der Waals surface area contributed by atoms with Crippen molar-refractivity contribution in [2.24, 2.45) is 0 Å². The third-order valence-electron chi connectivity index (χ3n) is 3.01. The maximum Gasteiger partial charge on any atom is 0.343 e. The summed E-state index contributed by atoms with van der Waals surface area (Å²) in [5.74, 6) is 0.494. The molecule has 1 aliphatic rings. The van der Waals surface area contributed by atoms with Gasteiger partial charge in [0.25, 0.3) is 0 Å². The molecule has 0 aliphatic carbocycles. The SMILES string of the molecule is CCOc1ccccc1OCCCC(=O)NN1CC(=O)NC1=O. The highest BCUT2D eigenvalue weighted by atomic mass is 16.5. The van der Waals surface area contributed by atoms with E-state index in [0.717, 1.165) is 5.01 Å². The fraction of sp³-hybridized carbons (Fsp3) is 0.400. The van der Waals surface area contributed by atoms with Crippen molar-refractivity contribution in [2.45, 2.75) is 19.8 Å². The van der Waals surface area contributed by atoms with E-state index in [1.54, 1.807) is 6.07 Å². The second-order valence-electron chi connectivity index (χ2n) is 4.81. The van der Waals surface area contributed by atoms with Crippen molar-refractivity contribution in [2.75, 3.05) is 19.8 Å². The Morgan fingerprint density at radius 1 is 1.26 bits per heavy atom. The minimum Gasteiger partial charge on any atom is -0.490 e. The van der Waals surface area contributed by atoms with E-state index in [2.05, 4.69) is 10.7 Å². The van der Waals surface area contributed by atoms with Crippen LogP contribution in [0.3, 0.4) is 0 Å². The number of ether oxygens (including phenoxy) is 2. The summed E-state index contributed by atoms with van der Waals surface area (Å²) >= 11 is 0. The zero-order valence-corrected chi connectivity index (χ0v) is 12.8. The number of carbonyl (C=O) groups excluding carboxylic acids is 3. The summed E-state index contributed by atoms with van der Waals surface area (Å²) < 4.78 is 11.0. The van der Waals surface area contributed by atoms with Gasteiger partial charge in [-0.05, 0) is 25.5 Å². The average molecular weight is 321 g/mol. The van der Waals surface area contributed by atoms with Crippen LogP contribution in [0.2, 0.25) is 0 Å². The third-order valence-corrected chi connectivity index (χ3v) is 3.01. The van der Waals surface area contributed by atoms with E-state index in [4.69, 9.17) is 9.47 Å². The van der Waals surface area contributed by atoms with Crippen LogP contribution in [-0.2, 0) is 9.59 Å². The summed E-state index contributed by atoms with van der Waals surface area (Å²) in [6, 6.07) is 6.69. The van der Waals surface area contributed by atoms with Crippen LogP contribution in [-0.4, -0.2) is 42.6 Å². The largest absolute Gasteiger partial charge is 0.490 e. The molecule has 4 amide bonds. The molecule has 8 heteroatoms. The number of nitrogens with zero attached hydrogens (tertiary/aromatic N) is 1. The average Bonchev–Trinajstić information content (AvgIpc) is 2.83. The first kappa shape index (κ1) is 16.6. The zero-order chi connectivity index (χ0) is 16.7. The Hall–Kier alpha value is -2.77. The number of hydrogen-bond acceptors (Lipinski definition) is 5. The highest BCUT2D eigenvalue weighted by Gasteiger charge is 2.27. The van der Waals surface area contributed by atoms with Gasteiger partial charge in [-0.3, -0.25) is 20.3 Å². The van der Waals surface area contributed by atoms with Crippen molar-refractivity contribution in [3.63, 3.8) is 0 Å². The van der Waals surface area contributed by atoms with Gasteiger partial charge in [0.2, 0.25) is 11.8 Å². The fourth-order valence-corrected chi connectivity index (χ4v) is 2.00. The van der Waals surface area contributed by atoms with E-state index in [0.29, 0.717) is 31.1 Å². The minimum atomic E-state index is -0.620. The number of para-hydroxylation sites is 2. The molecule has 1 aromatic carbocycles. The number of imide groups is 1. The molecule has 23 heavy (non-hydrogen) atoms. The molecule has 1 fully saturated rings. The van der Waals surface area contributed by atoms with Crippen molar-refractivity contribution in [3.8, 4) is 11.5 Å². The van der Waals surface area contributed by atoms with Gasteiger partial charge in [0.1, 0.15) is 6.54 Å². The molecule has 124 valence electrons. The Morgan fingerprint density at radius 2 is 1.96 bits per heavy atom. The molecule has 1 saturated heterocycles. The van der Waals surface area contributed by atoms with Crippen molar-refractivity contribution in [1.29, 1.82) is 0 Å².